The van der Waals surface area contributed by atoms with Crippen LogP contribution in [0.1, 0.15) is 49.8 Å². The van der Waals surface area contributed by atoms with Crippen molar-refractivity contribution >= 4 is 11.8 Å². The third kappa shape index (κ3) is 3.10. The van der Waals surface area contributed by atoms with Gasteiger partial charge < -0.3 is 5.11 Å². The predicted molar refractivity (Wildman–Crippen MR) is 131 cm³/mol. The second kappa shape index (κ2) is 7.83. The number of rotatable bonds is 6. The third-order valence-corrected chi connectivity index (χ3v) is 10.3. The molecule has 31 heavy (non-hydrogen) atoms. The van der Waals surface area contributed by atoms with Gasteiger partial charge in [0.05, 0.1) is 10.9 Å². The monoisotopic (exact) mass is 428 g/mol. The topological polar surface area (TPSA) is 20.2 Å². The van der Waals surface area contributed by atoms with Gasteiger partial charge in [0.15, 0.2) is 0 Å². The normalized spacial score (nSPS) is 26.8. The van der Waals surface area contributed by atoms with Crippen LogP contribution in [0, 0.1) is 16.7 Å². The van der Waals surface area contributed by atoms with Crippen LogP contribution in [0.5, 0.6) is 0 Å². The lowest BCUT2D eigenvalue weighted by atomic mass is 9.70. The van der Waals surface area contributed by atoms with Crippen molar-refractivity contribution in [1.29, 1.82) is 0 Å². The van der Waals surface area contributed by atoms with Crippen LogP contribution < -0.4 is 0 Å². The summed E-state index contributed by atoms with van der Waals surface area (Å²) in [5, 5.41) is 11.2. The summed E-state index contributed by atoms with van der Waals surface area (Å²) in [5.41, 5.74) is 4.05. The van der Waals surface area contributed by atoms with Gasteiger partial charge in [-0.3, -0.25) is 0 Å². The van der Waals surface area contributed by atoms with Gasteiger partial charge >= 0.3 is 0 Å². The molecule has 1 N–H and O–H groups in total. The minimum absolute atomic E-state index is 0.0219. The Kier molecular flexibility index (Phi) is 5.27. The molecule has 5 rings (SSSR count). The fourth-order valence-electron chi connectivity index (χ4n) is 6.38. The highest BCUT2D eigenvalue weighted by atomic mass is 32.2. The van der Waals surface area contributed by atoms with E-state index in [2.05, 4.69) is 105 Å². The van der Waals surface area contributed by atoms with Crippen molar-refractivity contribution in [3.05, 3.63) is 108 Å². The molecule has 0 aromatic heterocycles. The van der Waals surface area contributed by atoms with Crippen molar-refractivity contribution in [2.75, 3.05) is 5.75 Å². The van der Waals surface area contributed by atoms with Gasteiger partial charge in [0, 0.05) is 11.2 Å². The number of hydrogen-bond donors (Lipinski definition) is 1. The van der Waals surface area contributed by atoms with E-state index in [9.17, 15) is 5.11 Å². The zero-order chi connectivity index (χ0) is 21.5. The van der Waals surface area contributed by atoms with E-state index in [1.807, 2.05) is 11.8 Å². The van der Waals surface area contributed by atoms with Crippen LogP contribution >= 0.6 is 11.8 Å². The second-order valence-electron chi connectivity index (χ2n) is 9.93. The van der Waals surface area contributed by atoms with Gasteiger partial charge in [-0.05, 0) is 47.3 Å². The molecule has 2 saturated carbocycles. The number of aliphatic hydroxyl groups excluding tert-OH is 1. The zero-order valence-electron chi connectivity index (χ0n) is 18.5. The van der Waals surface area contributed by atoms with Gasteiger partial charge in [-0.25, -0.2) is 0 Å². The molecule has 0 spiro atoms. The highest BCUT2D eigenvalue weighted by molar-refractivity contribution is 8.00. The van der Waals surface area contributed by atoms with E-state index in [-0.39, 0.29) is 21.7 Å². The Morgan fingerprint density at radius 3 is 1.61 bits per heavy atom. The quantitative estimate of drug-likeness (QED) is 0.431. The fraction of sp³-hybridized carbons (Fsp3) is 0.379. The number of thioether (sulfide) groups is 1. The molecule has 2 bridgehead atoms. The fourth-order valence-corrected chi connectivity index (χ4v) is 8.48. The predicted octanol–water partition coefficient (Wildman–Crippen LogP) is 6.90. The van der Waals surface area contributed by atoms with E-state index in [4.69, 9.17) is 0 Å². The standard InChI is InChI=1S/C29H32OS/c1-27(2)25-18-19-28(27,26(30)20-25)21-31-29(22-12-6-3-7-13-22,23-14-8-4-9-15-23)24-16-10-5-11-17-24/h3-17,25-26,30H,18-21H2,1-2H3. The van der Waals surface area contributed by atoms with Gasteiger partial charge in [0.1, 0.15) is 0 Å². The van der Waals surface area contributed by atoms with Gasteiger partial charge in [-0.15, -0.1) is 11.8 Å². The first-order valence-corrected chi connectivity index (χ1v) is 12.5. The van der Waals surface area contributed by atoms with Crippen molar-refractivity contribution in [2.45, 2.75) is 44.0 Å². The largest absolute Gasteiger partial charge is 0.392 e. The molecule has 3 aromatic rings. The van der Waals surface area contributed by atoms with Crippen molar-refractivity contribution in [3.63, 3.8) is 0 Å². The van der Waals surface area contributed by atoms with Crippen molar-refractivity contribution in [3.8, 4) is 0 Å². The van der Waals surface area contributed by atoms with Crippen molar-refractivity contribution in [1.82, 2.24) is 0 Å². The maximum absolute atomic E-state index is 11.2. The number of aliphatic hydroxyl groups is 1. The van der Waals surface area contributed by atoms with Crippen LogP contribution in [0.3, 0.4) is 0 Å². The van der Waals surface area contributed by atoms with E-state index in [1.54, 1.807) is 0 Å². The highest BCUT2D eigenvalue weighted by Crippen LogP contribution is 2.68. The molecular weight excluding hydrogens is 396 g/mol. The maximum Gasteiger partial charge on any atom is 0.0907 e. The van der Waals surface area contributed by atoms with Gasteiger partial charge in [-0.2, -0.15) is 0 Å². The molecule has 3 atom stereocenters. The third-order valence-electron chi connectivity index (χ3n) is 8.48. The highest BCUT2D eigenvalue weighted by Gasteiger charge is 2.64. The Labute approximate surface area is 190 Å². The van der Waals surface area contributed by atoms with E-state index in [0.717, 1.165) is 18.6 Å². The Bertz CT molecular complexity index is 918. The summed E-state index contributed by atoms with van der Waals surface area (Å²) in [6, 6.07) is 32.7. The molecule has 2 aliphatic rings. The summed E-state index contributed by atoms with van der Waals surface area (Å²) in [6.45, 7) is 4.80. The summed E-state index contributed by atoms with van der Waals surface area (Å²) in [7, 11) is 0. The average Bonchev–Trinajstić information content (AvgIpc) is 3.17. The van der Waals surface area contributed by atoms with E-state index < -0.39 is 0 Å². The number of fused-ring (bicyclic) bond motifs is 2. The van der Waals surface area contributed by atoms with E-state index in [0.29, 0.717) is 5.92 Å². The zero-order valence-corrected chi connectivity index (χ0v) is 19.3. The van der Waals surface area contributed by atoms with Gasteiger partial charge in [-0.1, -0.05) is 105 Å². The Morgan fingerprint density at radius 1 is 0.806 bits per heavy atom. The molecule has 2 fully saturated rings. The molecule has 160 valence electrons. The molecule has 1 nitrogen and oxygen atoms in total. The van der Waals surface area contributed by atoms with Gasteiger partial charge in [0.25, 0.3) is 0 Å². The average molecular weight is 429 g/mol. The van der Waals surface area contributed by atoms with Crippen LogP contribution in [0.4, 0.5) is 0 Å². The molecule has 0 saturated heterocycles. The van der Waals surface area contributed by atoms with Crippen LogP contribution in [0.2, 0.25) is 0 Å². The Balaban J connectivity index is 1.66. The Morgan fingerprint density at radius 2 is 1.26 bits per heavy atom. The van der Waals surface area contributed by atoms with Gasteiger partial charge in [0.2, 0.25) is 0 Å². The molecular formula is C29H32OS. The molecule has 3 unspecified atom stereocenters. The van der Waals surface area contributed by atoms with Crippen molar-refractivity contribution in [2.24, 2.45) is 16.7 Å². The molecule has 0 amide bonds. The first-order valence-electron chi connectivity index (χ1n) is 11.5. The summed E-state index contributed by atoms with van der Waals surface area (Å²) < 4.78 is -0.311. The van der Waals surface area contributed by atoms with Crippen LogP contribution in [0.15, 0.2) is 91.0 Å². The maximum atomic E-state index is 11.2. The molecule has 0 radical (unpaired) electrons. The van der Waals surface area contributed by atoms with Crippen LogP contribution in [0.25, 0.3) is 0 Å². The minimum atomic E-state index is -0.311. The summed E-state index contributed by atoms with van der Waals surface area (Å²) >= 11 is 2.02. The molecule has 2 aliphatic carbocycles. The SMILES string of the molecule is CC1(C)C2CCC1(CSC(c1ccccc1)(c1ccccc1)c1ccccc1)C(O)C2. The number of hydrogen-bond acceptors (Lipinski definition) is 2. The first kappa shape index (κ1) is 20.8. The molecule has 2 heteroatoms. The Hall–Kier alpha value is -2.03. The number of benzene rings is 3. The second-order valence-corrected chi connectivity index (χ2v) is 11.1. The summed E-state index contributed by atoms with van der Waals surface area (Å²) in [5.74, 6) is 1.60. The van der Waals surface area contributed by atoms with Crippen LogP contribution in [-0.4, -0.2) is 17.0 Å². The van der Waals surface area contributed by atoms with E-state index >= 15 is 0 Å². The lowest BCUT2D eigenvalue weighted by Gasteiger charge is -2.44. The summed E-state index contributed by atoms with van der Waals surface area (Å²) in [4.78, 5) is 0. The van der Waals surface area contributed by atoms with Crippen LogP contribution in [-0.2, 0) is 4.75 Å². The molecule has 3 aromatic carbocycles. The summed E-state index contributed by atoms with van der Waals surface area (Å²) in [6.07, 6.45) is 3.14. The first-order chi connectivity index (χ1) is 15.0. The molecule has 0 aliphatic heterocycles. The smallest absolute Gasteiger partial charge is 0.0907 e. The van der Waals surface area contributed by atoms with Crippen molar-refractivity contribution < 1.29 is 5.11 Å². The lowest BCUT2D eigenvalue weighted by molar-refractivity contribution is 0.0166. The molecule has 0 heterocycles. The lowest BCUT2D eigenvalue weighted by Crippen LogP contribution is -2.42. The van der Waals surface area contributed by atoms with E-state index in [1.165, 1.54) is 23.1 Å². The minimum Gasteiger partial charge on any atom is -0.392 e.